The molecular weight excluding hydrogens is 272 g/mol. The van der Waals surface area contributed by atoms with E-state index in [1.54, 1.807) is 9.80 Å². The number of aliphatic carboxylic acids is 1. The first-order valence-corrected chi connectivity index (χ1v) is 7.07. The fraction of sp³-hybridized carbons (Fsp3) is 0.467. The zero-order valence-electron chi connectivity index (χ0n) is 11.7. The number of amides is 2. The Morgan fingerprint density at radius 1 is 1.19 bits per heavy atom. The number of rotatable bonds is 2. The summed E-state index contributed by atoms with van der Waals surface area (Å²) in [6.07, 6.45) is -0.477. The fourth-order valence-electron chi connectivity index (χ4n) is 2.88. The quantitative estimate of drug-likeness (QED) is 0.891. The Morgan fingerprint density at radius 3 is 2.48 bits per heavy atom. The van der Waals surface area contributed by atoms with Crippen LogP contribution in [0.25, 0.3) is 0 Å². The molecule has 21 heavy (non-hydrogen) atoms. The van der Waals surface area contributed by atoms with Gasteiger partial charge in [-0.2, -0.15) is 0 Å². The number of carbonyl (C=O) groups excluding carboxylic acids is 1. The number of hydrogen-bond acceptors (Lipinski definition) is 3. The number of carboxylic acids is 1. The lowest BCUT2D eigenvalue weighted by Crippen LogP contribution is -2.50. The van der Waals surface area contributed by atoms with Crippen LogP contribution < -0.4 is 0 Å². The van der Waals surface area contributed by atoms with Crippen LogP contribution in [0.3, 0.4) is 0 Å². The Kier molecular flexibility index (Phi) is 3.79. The number of morpholine rings is 1. The molecule has 2 amide bonds. The van der Waals surface area contributed by atoms with Crippen LogP contribution in [0.5, 0.6) is 0 Å². The van der Waals surface area contributed by atoms with Crippen molar-refractivity contribution in [2.24, 2.45) is 0 Å². The molecule has 1 aromatic carbocycles. The Bertz CT molecular complexity index is 535. The summed E-state index contributed by atoms with van der Waals surface area (Å²) in [5, 5.41) is 8.83. The van der Waals surface area contributed by atoms with E-state index in [-0.39, 0.29) is 12.5 Å². The first-order chi connectivity index (χ1) is 10.1. The van der Waals surface area contributed by atoms with Gasteiger partial charge in [0, 0.05) is 26.2 Å². The maximum absolute atomic E-state index is 12.5. The Hall–Kier alpha value is -2.08. The second kappa shape index (κ2) is 5.73. The lowest BCUT2D eigenvalue weighted by atomic mass is 10.1. The zero-order chi connectivity index (χ0) is 14.8. The molecule has 1 saturated heterocycles. The first-order valence-electron chi connectivity index (χ1n) is 7.07. The lowest BCUT2D eigenvalue weighted by molar-refractivity contribution is -0.141. The third-order valence-electron chi connectivity index (χ3n) is 3.92. The predicted octanol–water partition coefficient (Wildman–Crippen LogP) is 1.30. The molecule has 1 aromatic rings. The number of carboxylic acid groups (broad SMARTS) is 1. The van der Waals surface area contributed by atoms with Crippen LogP contribution >= 0.6 is 0 Å². The molecule has 1 unspecified atom stereocenters. The van der Waals surface area contributed by atoms with Gasteiger partial charge in [0.25, 0.3) is 0 Å². The molecule has 0 radical (unpaired) electrons. The molecule has 6 nitrogen and oxygen atoms in total. The third kappa shape index (κ3) is 3.00. The summed E-state index contributed by atoms with van der Waals surface area (Å²) in [7, 11) is 0. The SMILES string of the molecule is O=C(O)CC1CN(C(=O)N2Cc3ccccc3C2)CCO1. The minimum atomic E-state index is -0.900. The summed E-state index contributed by atoms with van der Waals surface area (Å²) < 4.78 is 5.40. The minimum Gasteiger partial charge on any atom is -0.481 e. The molecule has 0 bridgehead atoms. The van der Waals surface area contributed by atoms with Crippen molar-refractivity contribution in [2.45, 2.75) is 25.6 Å². The number of hydrogen-bond donors (Lipinski definition) is 1. The molecule has 1 N–H and O–H groups in total. The van der Waals surface area contributed by atoms with Crippen LogP contribution in [0.4, 0.5) is 4.79 Å². The maximum atomic E-state index is 12.5. The van der Waals surface area contributed by atoms with Gasteiger partial charge < -0.3 is 19.6 Å². The van der Waals surface area contributed by atoms with E-state index in [1.165, 1.54) is 11.1 Å². The predicted molar refractivity (Wildman–Crippen MR) is 74.7 cm³/mol. The van der Waals surface area contributed by atoms with E-state index in [2.05, 4.69) is 0 Å². The average Bonchev–Trinajstić information content (AvgIpc) is 2.90. The van der Waals surface area contributed by atoms with Gasteiger partial charge in [-0.15, -0.1) is 0 Å². The molecule has 0 aromatic heterocycles. The van der Waals surface area contributed by atoms with E-state index in [0.29, 0.717) is 32.8 Å². The van der Waals surface area contributed by atoms with E-state index in [1.807, 2.05) is 24.3 Å². The number of benzene rings is 1. The second-order valence-corrected chi connectivity index (χ2v) is 5.44. The van der Waals surface area contributed by atoms with Crippen molar-refractivity contribution in [1.82, 2.24) is 9.80 Å². The van der Waals surface area contributed by atoms with Crippen LogP contribution in [0.2, 0.25) is 0 Å². The Morgan fingerprint density at radius 2 is 1.86 bits per heavy atom. The van der Waals surface area contributed by atoms with Crippen LogP contribution in [-0.2, 0) is 22.6 Å². The van der Waals surface area contributed by atoms with Gasteiger partial charge in [-0.3, -0.25) is 4.79 Å². The summed E-state index contributed by atoms with van der Waals surface area (Å²) >= 11 is 0. The zero-order valence-corrected chi connectivity index (χ0v) is 11.7. The smallest absolute Gasteiger partial charge is 0.320 e. The molecule has 3 rings (SSSR count). The summed E-state index contributed by atoms with van der Waals surface area (Å²) in [6.45, 7) is 2.50. The molecule has 2 heterocycles. The highest BCUT2D eigenvalue weighted by Gasteiger charge is 2.31. The third-order valence-corrected chi connectivity index (χ3v) is 3.92. The minimum absolute atomic E-state index is 0.0371. The van der Waals surface area contributed by atoms with Gasteiger partial charge in [-0.1, -0.05) is 24.3 Å². The van der Waals surface area contributed by atoms with E-state index in [9.17, 15) is 9.59 Å². The highest BCUT2D eigenvalue weighted by atomic mass is 16.5. The van der Waals surface area contributed by atoms with Crippen LogP contribution in [0, 0.1) is 0 Å². The van der Waals surface area contributed by atoms with Crippen LogP contribution in [0.1, 0.15) is 17.5 Å². The van der Waals surface area contributed by atoms with Crippen molar-refractivity contribution < 1.29 is 19.4 Å². The molecular formula is C15H18N2O4. The van der Waals surface area contributed by atoms with Crippen molar-refractivity contribution in [3.8, 4) is 0 Å². The maximum Gasteiger partial charge on any atom is 0.320 e. The summed E-state index contributed by atoms with van der Waals surface area (Å²) in [5.41, 5.74) is 2.36. The van der Waals surface area contributed by atoms with Crippen molar-refractivity contribution in [2.75, 3.05) is 19.7 Å². The summed E-state index contributed by atoms with van der Waals surface area (Å²) in [4.78, 5) is 26.8. The fourth-order valence-corrected chi connectivity index (χ4v) is 2.88. The highest BCUT2D eigenvalue weighted by Crippen LogP contribution is 2.24. The Balaban J connectivity index is 1.62. The molecule has 0 spiro atoms. The van der Waals surface area contributed by atoms with Crippen LogP contribution in [-0.4, -0.2) is 52.7 Å². The first kappa shape index (κ1) is 13.9. The molecule has 2 aliphatic heterocycles. The molecule has 1 atom stereocenters. The largest absolute Gasteiger partial charge is 0.481 e. The molecule has 6 heteroatoms. The topological polar surface area (TPSA) is 70.1 Å². The molecule has 2 aliphatic rings. The number of nitrogens with zero attached hydrogens (tertiary/aromatic N) is 2. The number of carbonyl (C=O) groups is 2. The standard InChI is InChI=1S/C15H18N2O4/c18-14(19)7-13-10-16(5-6-21-13)15(20)17-8-11-3-1-2-4-12(11)9-17/h1-4,13H,5-10H2,(H,18,19). The van der Waals surface area contributed by atoms with Crippen molar-refractivity contribution in [1.29, 1.82) is 0 Å². The summed E-state index contributed by atoms with van der Waals surface area (Å²) in [5.74, 6) is -0.900. The second-order valence-electron chi connectivity index (χ2n) is 5.44. The van der Waals surface area contributed by atoms with Gasteiger partial charge in [0.2, 0.25) is 0 Å². The van der Waals surface area contributed by atoms with Gasteiger partial charge in [0.1, 0.15) is 0 Å². The summed E-state index contributed by atoms with van der Waals surface area (Å²) in [6, 6.07) is 7.99. The molecule has 1 fully saturated rings. The van der Waals surface area contributed by atoms with Gasteiger partial charge in [-0.25, -0.2) is 4.79 Å². The van der Waals surface area contributed by atoms with Crippen molar-refractivity contribution >= 4 is 12.0 Å². The highest BCUT2D eigenvalue weighted by molar-refractivity contribution is 5.75. The monoisotopic (exact) mass is 290 g/mol. The van der Waals surface area contributed by atoms with Gasteiger partial charge >= 0.3 is 12.0 Å². The van der Waals surface area contributed by atoms with E-state index in [0.717, 1.165) is 0 Å². The van der Waals surface area contributed by atoms with E-state index in [4.69, 9.17) is 9.84 Å². The van der Waals surface area contributed by atoms with Crippen LogP contribution in [0.15, 0.2) is 24.3 Å². The van der Waals surface area contributed by atoms with E-state index >= 15 is 0 Å². The van der Waals surface area contributed by atoms with Gasteiger partial charge in [-0.05, 0) is 11.1 Å². The molecule has 112 valence electrons. The number of ether oxygens (including phenoxy) is 1. The average molecular weight is 290 g/mol. The normalized spacial score (nSPS) is 21.2. The van der Waals surface area contributed by atoms with Crippen molar-refractivity contribution in [3.63, 3.8) is 0 Å². The van der Waals surface area contributed by atoms with E-state index < -0.39 is 12.1 Å². The van der Waals surface area contributed by atoms with Crippen molar-refractivity contribution in [3.05, 3.63) is 35.4 Å². The van der Waals surface area contributed by atoms with Gasteiger partial charge in [0.15, 0.2) is 0 Å². The lowest BCUT2D eigenvalue weighted by Gasteiger charge is -2.34. The number of fused-ring (bicyclic) bond motifs is 1. The molecule has 0 saturated carbocycles. The Labute approximate surface area is 122 Å². The molecule has 0 aliphatic carbocycles. The number of urea groups is 1. The van der Waals surface area contributed by atoms with Gasteiger partial charge in [0.05, 0.1) is 19.1 Å².